The molecule has 28 heavy (non-hydrogen) atoms. The summed E-state index contributed by atoms with van der Waals surface area (Å²) >= 11 is 0. The van der Waals surface area contributed by atoms with Gasteiger partial charge in [0.15, 0.2) is 11.6 Å². The summed E-state index contributed by atoms with van der Waals surface area (Å²) in [5.41, 5.74) is 1.93. The lowest BCUT2D eigenvalue weighted by molar-refractivity contribution is 0.312. The molecule has 3 aromatic rings. The molecule has 0 radical (unpaired) electrons. The molecule has 0 bridgehead atoms. The van der Waals surface area contributed by atoms with E-state index in [-0.39, 0.29) is 0 Å². The Labute approximate surface area is 164 Å². The number of H-pyrrole nitrogens is 1. The van der Waals surface area contributed by atoms with Crippen LogP contribution in [-0.4, -0.2) is 65.4 Å². The van der Waals surface area contributed by atoms with E-state index in [0.717, 1.165) is 60.6 Å². The molecular weight excluding hydrogens is 354 g/mol. The standard InChI is InChI=1S/C20H25N7O/c1-14-12-18(25-24-14)21-17-13-19(27-10-8-26(2)9-11-27)23-20(22-17)15-4-6-16(28-3)7-5-15/h4-7,12-13H,8-11H2,1-3H3,(H2,21,22,23,24,25). The zero-order valence-corrected chi connectivity index (χ0v) is 16.4. The van der Waals surface area contributed by atoms with Crippen molar-refractivity contribution in [3.63, 3.8) is 0 Å². The van der Waals surface area contributed by atoms with E-state index in [1.165, 1.54) is 0 Å². The van der Waals surface area contributed by atoms with Crippen molar-refractivity contribution in [3.05, 3.63) is 42.1 Å². The van der Waals surface area contributed by atoms with Crippen molar-refractivity contribution >= 4 is 17.5 Å². The Morgan fingerprint density at radius 3 is 2.39 bits per heavy atom. The van der Waals surface area contributed by atoms with Crippen LogP contribution in [0.4, 0.5) is 17.5 Å². The van der Waals surface area contributed by atoms with E-state index in [1.807, 2.05) is 43.3 Å². The minimum Gasteiger partial charge on any atom is -0.497 e. The van der Waals surface area contributed by atoms with Crippen LogP contribution in [0, 0.1) is 6.92 Å². The minimum atomic E-state index is 0.675. The summed E-state index contributed by atoms with van der Waals surface area (Å²) in [4.78, 5) is 14.2. The first kappa shape index (κ1) is 18.2. The molecule has 0 atom stereocenters. The highest BCUT2D eigenvalue weighted by atomic mass is 16.5. The molecule has 146 valence electrons. The first-order valence-electron chi connectivity index (χ1n) is 9.37. The highest BCUT2D eigenvalue weighted by Gasteiger charge is 2.18. The van der Waals surface area contributed by atoms with Crippen molar-refractivity contribution in [1.82, 2.24) is 25.1 Å². The zero-order chi connectivity index (χ0) is 19.5. The summed E-state index contributed by atoms with van der Waals surface area (Å²) in [6.45, 7) is 5.88. The van der Waals surface area contributed by atoms with Crippen LogP contribution in [0.1, 0.15) is 5.69 Å². The molecular formula is C20H25N7O. The highest BCUT2D eigenvalue weighted by Crippen LogP contribution is 2.26. The average Bonchev–Trinajstić information content (AvgIpc) is 3.13. The first-order chi connectivity index (χ1) is 13.6. The SMILES string of the molecule is COc1ccc(-c2nc(Nc3cc(C)[nH]n3)cc(N3CCN(C)CC3)n2)cc1. The average molecular weight is 379 g/mol. The number of aromatic nitrogens is 4. The summed E-state index contributed by atoms with van der Waals surface area (Å²) in [7, 11) is 3.81. The smallest absolute Gasteiger partial charge is 0.163 e. The number of nitrogens with one attached hydrogen (secondary N) is 2. The van der Waals surface area contributed by atoms with Gasteiger partial charge in [-0.3, -0.25) is 5.10 Å². The zero-order valence-electron chi connectivity index (χ0n) is 16.4. The van der Waals surface area contributed by atoms with Gasteiger partial charge < -0.3 is 19.9 Å². The van der Waals surface area contributed by atoms with Gasteiger partial charge in [0, 0.05) is 49.6 Å². The Balaban J connectivity index is 1.69. The molecule has 4 rings (SSSR count). The van der Waals surface area contributed by atoms with Crippen LogP contribution in [0.5, 0.6) is 5.75 Å². The number of nitrogens with zero attached hydrogens (tertiary/aromatic N) is 5. The lowest BCUT2D eigenvalue weighted by Crippen LogP contribution is -2.44. The summed E-state index contributed by atoms with van der Waals surface area (Å²) in [6.07, 6.45) is 0. The maximum atomic E-state index is 5.26. The van der Waals surface area contributed by atoms with Gasteiger partial charge in [-0.15, -0.1) is 0 Å². The van der Waals surface area contributed by atoms with Crippen LogP contribution in [0.15, 0.2) is 36.4 Å². The van der Waals surface area contributed by atoms with Gasteiger partial charge in [0.05, 0.1) is 7.11 Å². The van der Waals surface area contributed by atoms with Gasteiger partial charge in [0.1, 0.15) is 17.4 Å². The van der Waals surface area contributed by atoms with Gasteiger partial charge in [-0.25, -0.2) is 9.97 Å². The Morgan fingerprint density at radius 1 is 1.00 bits per heavy atom. The maximum Gasteiger partial charge on any atom is 0.163 e. The fraction of sp³-hybridized carbons (Fsp3) is 0.350. The summed E-state index contributed by atoms with van der Waals surface area (Å²) in [5, 5.41) is 10.5. The van der Waals surface area contributed by atoms with Crippen LogP contribution in [-0.2, 0) is 0 Å². The summed E-state index contributed by atoms with van der Waals surface area (Å²) in [6, 6.07) is 11.7. The van der Waals surface area contributed by atoms with Gasteiger partial charge in [-0.2, -0.15) is 5.10 Å². The van der Waals surface area contributed by atoms with Crippen LogP contribution in [0.3, 0.4) is 0 Å². The fourth-order valence-corrected chi connectivity index (χ4v) is 3.18. The number of methoxy groups -OCH3 is 1. The second-order valence-electron chi connectivity index (χ2n) is 7.02. The van der Waals surface area contributed by atoms with Gasteiger partial charge in [-0.05, 0) is 38.2 Å². The third-order valence-electron chi connectivity index (χ3n) is 4.85. The quantitative estimate of drug-likeness (QED) is 0.705. The molecule has 1 aliphatic rings. The van der Waals surface area contributed by atoms with Crippen molar-refractivity contribution in [2.75, 3.05) is 50.6 Å². The molecule has 8 nitrogen and oxygen atoms in total. The van der Waals surface area contributed by atoms with Crippen molar-refractivity contribution in [3.8, 4) is 17.1 Å². The van der Waals surface area contributed by atoms with Gasteiger partial charge in [0.2, 0.25) is 0 Å². The molecule has 0 aliphatic carbocycles. The molecule has 1 fully saturated rings. The predicted octanol–water partition coefficient (Wildman–Crippen LogP) is 2.68. The molecule has 0 amide bonds. The summed E-state index contributed by atoms with van der Waals surface area (Å²) < 4.78 is 5.26. The second kappa shape index (κ2) is 7.85. The Morgan fingerprint density at radius 2 is 1.75 bits per heavy atom. The molecule has 0 unspecified atom stereocenters. The molecule has 1 saturated heterocycles. The number of ether oxygens (including phenoxy) is 1. The Bertz CT molecular complexity index is 930. The third kappa shape index (κ3) is 4.07. The van der Waals surface area contributed by atoms with E-state index in [9.17, 15) is 0 Å². The molecule has 1 aromatic carbocycles. The fourth-order valence-electron chi connectivity index (χ4n) is 3.18. The molecule has 1 aliphatic heterocycles. The van der Waals surface area contributed by atoms with Crippen molar-refractivity contribution < 1.29 is 4.74 Å². The number of rotatable bonds is 5. The van der Waals surface area contributed by atoms with Crippen LogP contribution in [0.2, 0.25) is 0 Å². The largest absolute Gasteiger partial charge is 0.497 e. The molecule has 8 heteroatoms. The Kier molecular flexibility index (Phi) is 5.12. The molecule has 3 heterocycles. The third-order valence-corrected chi connectivity index (χ3v) is 4.85. The van der Waals surface area contributed by atoms with Crippen molar-refractivity contribution in [1.29, 1.82) is 0 Å². The van der Waals surface area contributed by atoms with Crippen LogP contribution < -0.4 is 15.0 Å². The lowest BCUT2D eigenvalue weighted by atomic mass is 10.2. The molecule has 0 spiro atoms. The number of aromatic amines is 1. The number of piperazine rings is 1. The summed E-state index contributed by atoms with van der Waals surface area (Å²) in [5.74, 6) is 3.87. The predicted molar refractivity (Wildman–Crippen MR) is 110 cm³/mol. The monoisotopic (exact) mass is 379 g/mol. The topological polar surface area (TPSA) is 82.2 Å². The van der Waals surface area contributed by atoms with Gasteiger partial charge in [0.25, 0.3) is 0 Å². The molecule has 0 saturated carbocycles. The normalized spacial score (nSPS) is 14.9. The van der Waals surface area contributed by atoms with E-state index in [4.69, 9.17) is 14.7 Å². The van der Waals surface area contributed by atoms with E-state index < -0.39 is 0 Å². The van der Waals surface area contributed by atoms with E-state index >= 15 is 0 Å². The number of aryl methyl sites for hydroxylation is 1. The number of likely N-dealkylation sites (N-methyl/N-ethyl adjacent to an activating group) is 1. The lowest BCUT2D eigenvalue weighted by Gasteiger charge is -2.33. The van der Waals surface area contributed by atoms with Crippen LogP contribution >= 0.6 is 0 Å². The minimum absolute atomic E-state index is 0.675. The second-order valence-corrected chi connectivity index (χ2v) is 7.02. The van der Waals surface area contributed by atoms with E-state index in [2.05, 4.69) is 32.4 Å². The highest BCUT2D eigenvalue weighted by molar-refractivity contribution is 5.65. The molecule has 2 aromatic heterocycles. The van der Waals surface area contributed by atoms with Gasteiger partial charge in [-0.1, -0.05) is 0 Å². The van der Waals surface area contributed by atoms with E-state index in [1.54, 1.807) is 7.11 Å². The van der Waals surface area contributed by atoms with Gasteiger partial charge >= 0.3 is 0 Å². The number of anilines is 3. The van der Waals surface area contributed by atoms with Crippen molar-refractivity contribution in [2.24, 2.45) is 0 Å². The maximum absolute atomic E-state index is 5.26. The Hall–Kier alpha value is -3.13. The number of hydrogen-bond donors (Lipinski definition) is 2. The molecule has 2 N–H and O–H groups in total. The number of benzene rings is 1. The van der Waals surface area contributed by atoms with Crippen molar-refractivity contribution in [2.45, 2.75) is 6.92 Å². The number of hydrogen-bond acceptors (Lipinski definition) is 7. The van der Waals surface area contributed by atoms with E-state index in [0.29, 0.717) is 5.82 Å². The van der Waals surface area contributed by atoms with Crippen LogP contribution in [0.25, 0.3) is 11.4 Å². The first-order valence-corrected chi connectivity index (χ1v) is 9.37.